The number of likely N-dealkylation sites (tertiary alicyclic amines) is 1. The van der Waals surface area contributed by atoms with Gasteiger partial charge < -0.3 is 24.2 Å². The van der Waals surface area contributed by atoms with E-state index in [1.807, 2.05) is 53.2 Å². The summed E-state index contributed by atoms with van der Waals surface area (Å²) in [5.41, 5.74) is 1.59. The van der Waals surface area contributed by atoms with E-state index in [1.54, 1.807) is 7.11 Å². The van der Waals surface area contributed by atoms with Crippen molar-refractivity contribution < 1.29 is 33.5 Å². The number of hydrogen-bond acceptors (Lipinski definition) is 6. The van der Waals surface area contributed by atoms with Crippen molar-refractivity contribution in [1.82, 2.24) is 4.90 Å². The molecule has 1 unspecified atom stereocenters. The monoisotopic (exact) mass is 568 g/mol. The third-order valence-electron chi connectivity index (χ3n) is 8.44. The number of benzene rings is 1. The van der Waals surface area contributed by atoms with Crippen LogP contribution in [0, 0.1) is 11.3 Å². The van der Waals surface area contributed by atoms with Crippen LogP contribution >= 0.6 is 0 Å². The molecule has 3 heterocycles. The van der Waals surface area contributed by atoms with Crippen molar-refractivity contribution in [3.63, 3.8) is 0 Å². The molecule has 9 heteroatoms. The van der Waals surface area contributed by atoms with Crippen molar-refractivity contribution in [3.8, 4) is 17.2 Å². The van der Waals surface area contributed by atoms with Crippen LogP contribution in [0.4, 0.5) is 5.69 Å². The number of ether oxygens (including phenoxy) is 3. The van der Waals surface area contributed by atoms with E-state index in [2.05, 4.69) is 32.6 Å². The number of carbonyl (C=O) groups excluding carboxylic acids is 1. The molecule has 0 saturated carbocycles. The van der Waals surface area contributed by atoms with Gasteiger partial charge in [-0.1, -0.05) is 40.5 Å². The summed E-state index contributed by atoms with van der Waals surface area (Å²) >= 11 is 0. The van der Waals surface area contributed by atoms with E-state index >= 15 is 0 Å². The second-order valence-corrected chi connectivity index (χ2v) is 12.2. The van der Waals surface area contributed by atoms with Gasteiger partial charge in [0.25, 0.3) is 0 Å². The summed E-state index contributed by atoms with van der Waals surface area (Å²) in [5.74, 6) is -0.278. The second kappa shape index (κ2) is 13.1. The molecule has 41 heavy (non-hydrogen) atoms. The minimum Gasteiger partial charge on any atom is -0.493 e. The van der Waals surface area contributed by atoms with Crippen LogP contribution in [0.3, 0.4) is 0 Å². The number of aromatic nitrogens is 1. The Bertz CT molecular complexity index is 1230. The van der Waals surface area contributed by atoms with Gasteiger partial charge in [-0.2, -0.15) is 0 Å². The first-order valence-electron chi connectivity index (χ1n) is 14.8. The highest BCUT2D eigenvalue weighted by Crippen LogP contribution is 2.48. The molecule has 3 atom stereocenters. The third kappa shape index (κ3) is 6.94. The molecule has 0 spiro atoms. The topological polar surface area (TPSA) is 92.4 Å². The van der Waals surface area contributed by atoms with E-state index in [4.69, 9.17) is 14.2 Å². The van der Waals surface area contributed by atoms with E-state index < -0.39 is 11.9 Å². The molecule has 1 aromatic heterocycles. The molecule has 1 amide bonds. The maximum atomic E-state index is 14.0. The number of pyridine rings is 1. The molecule has 0 radical (unpaired) electrons. The largest absolute Gasteiger partial charge is 0.493 e. The van der Waals surface area contributed by atoms with Gasteiger partial charge in [0.1, 0.15) is 12.7 Å². The van der Waals surface area contributed by atoms with Gasteiger partial charge in [-0.3, -0.25) is 14.5 Å². The lowest BCUT2D eigenvalue weighted by molar-refractivity contribution is -0.670. The highest BCUT2D eigenvalue weighted by Gasteiger charge is 2.49. The molecule has 1 fully saturated rings. The number of aliphatic carboxylic acids is 1. The first kappa shape index (κ1) is 30.6. The first-order valence-corrected chi connectivity index (χ1v) is 14.8. The maximum Gasteiger partial charge on any atom is 0.308 e. The molecule has 2 aromatic rings. The smallest absolute Gasteiger partial charge is 0.308 e. The number of carbonyl (C=O) groups is 2. The van der Waals surface area contributed by atoms with Gasteiger partial charge in [0.2, 0.25) is 18.4 Å². The molecule has 1 saturated heterocycles. The summed E-state index contributed by atoms with van der Waals surface area (Å²) in [6, 6.07) is 7.34. The Hall–Kier alpha value is -3.33. The number of rotatable bonds is 13. The summed E-state index contributed by atoms with van der Waals surface area (Å²) in [7, 11) is 3.51. The van der Waals surface area contributed by atoms with Crippen LogP contribution in [0.25, 0.3) is 0 Å². The van der Waals surface area contributed by atoms with E-state index in [0.29, 0.717) is 36.8 Å². The number of anilines is 1. The summed E-state index contributed by atoms with van der Waals surface area (Å²) in [6.07, 6.45) is 8.42. The van der Waals surface area contributed by atoms with Crippen molar-refractivity contribution in [3.05, 3.63) is 42.2 Å². The zero-order valence-corrected chi connectivity index (χ0v) is 25.4. The molecule has 1 N–H and O–H groups in total. The molecular formula is C32H46N3O6+. The Balaban J connectivity index is 1.71. The van der Waals surface area contributed by atoms with Crippen LogP contribution in [-0.2, 0) is 16.6 Å². The molecule has 224 valence electrons. The van der Waals surface area contributed by atoms with E-state index in [1.165, 1.54) is 0 Å². The zero-order valence-electron chi connectivity index (χ0n) is 25.4. The van der Waals surface area contributed by atoms with Crippen LogP contribution in [0.5, 0.6) is 17.2 Å². The Kier molecular flexibility index (Phi) is 9.79. The maximum absolute atomic E-state index is 14.0. The lowest BCUT2D eigenvalue weighted by atomic mass is 9.76. The van der Waals surface area contributed by atoms with Crippen LogP contribution in [0.15, 0.2) is 36.7 Å². The van der Waals surface area contributed by atoms with Crippen molar-refractivity contribution in [1.29, 1.82) is 0 Å². The predicted octanol–water partition coefficient (Wildman–Crippen LogP) is 4.77. The van der Waals surface area contributed by atoms with Crippen molar-refractivity contribution in [2.45, 2.75) is 71.8 Å². The van der Waals surface area contributed by atoms with Crippen molar-refractivity contribution in [2.75, 3.05) is 38.4 Å². The number of carboxylic acids is 1. The molecule has 2 aliphatic heterocycles. The van der Waals surface area contributed by atoms with Gasteiger partial charge in [-0.05, 0) is 48.4 Å². The zero-order chi connectivity index (χ0) is 29.7. The lowest BCUT2D eigenvalue weighted by Gasteiger charge is -2.35. The lowest BCUT2D eigenvalue weighted by Crippen LogP contribution is -2.46. The van der Waals surface area contributed by atoms with Gasteiger partial charge in [-0.15, -0.1) is 0 Å². The number of fused-ring (bicyclic) bond motifs is 1. The minimum atomic E-state index is -0.850. The fourth-order valence-corrected chi connectivity index (χ4v) is 6.50. The summed E-state index contributed by atoms with van der Waals surface area (Å²) in [4.78, 5) is 30.9. The van der Waals surface area contributed by atoms with E-state index in [-0.39, 0.29) is 36.6 Å². The van der Waals surface area contributed by atoms with Crippen LogP contribution in [0.2, 0.25) is 0 Å². The number of unbranched alkanes of at least 4 members (excludes halogenated alkanes) is 1. The fourth-order valence-electron chi connectivity index (χ4n) is 6.50. The molecule has 9 nitrogen and oxygen atoms in total. The second-order valence-electron chi connectivity index (χ2n) is 12.2. The first-order chi connectivity index (χ1) is 19.6. The van der Waals surface area contributed by atoms with Crippen molar-refractivity contribution in [2.24, 2.45) is 18.4 Å². The average molecular weight is 569 g/mol. The molecular weight excluding hydrogens is 522 g/mol. The summed E-state index contributed by atoms with van der Waals surface area (Å²) in [5, 5.41) is 10.6. The standard InChI is InChI=1S/C32H45N3O6/c1-7-9-14-35(23-11-10-13-33(5)18-23)28(36)20-34-19-24(22-15-26(39-6)30-27(16-22)40-21-41-30)29(31(37)38)25(34)17-32(3,4)12-8-2/h10-11,13,15-16,18,24-25,29H,7-9,12,14,17,19-21H2,1-6H3/p+1/t24-,25+,29?/m1/s1. The highest BCUT2D eigenvalue weighted by atomic mass is 16.7. The summed E-state index contributed by atoms with van der Waals surface area (Å²) in [6.45, 7) is 9.97. The highest BCUT2D eigenvalue weighted by molar-refractivity contribution is 5.94. The number of amides is 1. The molecule has 0 aliphatic carbocycles. The number of methoxy groups -OCH3 is 1. The Morgan fingerprint density at radius 3 is 2.66 bits per heavy atom. The van der Waals surface area contributed by atoms with E-state index in [9.17, 15) is 14.7 Å². The minimum absolute atomic E-state index is 0.0176. The SMILES string of the molecule is CCCCN(C(=O)CN1C[C@H](c2cc(OC)c3c(c2)OCO3)C(C(=O)O)[C@@H]1CC(C)(C)CCC)c1ccc[n+](C)c1. The quantitative estimate of drug-likeness (QED) is 0.348. The van der Waals surface area contributed by atoms with Crippen LogP contribution in [0.1, 0.15) is 71.3 Å². The molecule has 2 aliphatic rings. The van der Waals surface area contributed by atoms with Gasteiger partial charge in [0.05, 0.1) is 19.6 Å². The predicted molar refractivity (Wildman–Crippen MR) is 157 cm³/mol. The number of aryl methyl sites for hydroxylation is 1. The van der Waals surface area contributed by atoms with Crippen LogP contribution < -0.4 is 23.7 Å². The molecule has 4 rings (SSSR count). The number of nitrogens with zero attached hydrogens (tertiary/aromatic N) is 3. The van der Waals surface area contributed by atoms with E-state index in [0.717, 1.165) is 36.9 Å². The average Bonchev–Trinajstić information content (AvgIpc) is 3.53. The van der Waals surface area contributed by atoms with Crippen LogP contribution in [-0.4, -0.2) is 61.5 Å². The van der Waals surface area contributed by atoms with Crippen molar-refractivity contribution >= 4 is 17.6 Å². The van der Waals surface area contributed by atoms with Gasteiger partial charge in [0, 0.05) is 31.1 Å². The Morgan fingerprint density at radius 1 is 1.22 bits per heavy atom. The van der Waals surface area contributed by atoms with Gasteiger partial charge in [-0.25, -0.2) is 4.57 Å². The number of hydrogen-bond donors (Lipinski definition) is 1. The third-order valence-corrected chi connectivity index (χ3v) is 8.44. The fraction of sp³-hybridized carbons (Fsp3) is 0.594. The Labute approximate surface area is 244 Å². The normalized spacial score (nSPS) is 20.3. The Morgan fingerprint density at radius 2 is 2.00 bits per heavy atom. The number of carboxylic acid groups (broad SMARTS) is 1. The molecule has 1 aromatic carbocycles. The summed E-state index contributed by atoms with van der Waals surface area (Å²) < 4.78 is 18.8. The van der Waals surface area contributed by atoms with Gasteiger partial charge in [0.15, 0.2) is 23.9 Å². The van der Waals surface area contributed by atoms with Gasteiger partial charge >= 0.3 is 5.97 Å². The molecule has 0 bridgehead atoms.